The summed E-state index contributed by atoms with van der Waals surface area (Å²) in [4.78, 5) is 12.7. The van der Waals surface area contributed by atoms with Gasteiger partial charge in [-0.3, -0.25) is 4.79 Å². The highest BCUT2D eigenvalue weighted by Crippen LogP contribution is 2.41. The Hall–Kier alpha value is -1.15. The summed E-state index contributed by atoms with van der Waals surface area (Å²) in [5.74, 6) is 0.957. The lowest BCUT2D eigenvalue weighted by Gasteiger charge is -2.43. The zero-order valence-corrected chi connectivity index (χ0v) is 17.3. The molecule has 2 bridgehead atoms. The summed E-state index contributed by atoms with van der Waals surface area (Å²) in [5, 5.41) is 2.88. The fraction of sp³-hybridized carbons (Fsp3) is 0.632. The molecule has 2 saturated carbocycles. The third kappa shape index (κ3) is 5.44. The van der Waals surface area contributed by atoms with Crippen LogP contribution in [0.15, 0.2) is 29.2 Å². The molecule has 3 rings (SSSR count). The van der Waals surface area contributed by atoms with Crippen molar-refractivity contribution in [3.63, 3.8) is 0 Å². The Balaban J connectivity index is 0.00000261. The first-order valence-electron chi connectivity index (χ1n) is 9.46. The molecule has 4 N–H and O–H groups in total. The SMILES string of the molecule is Cc1ccc(S(=O)(=O)NCCNC(=O)C2CC3CCCC(C2)C3N)cc1.Cl. The Labute approximate surface area is 168 Å². The molecular weight excluding hydrogens is 386 g/mol. The largest absolute Gasteiger partial charge is 0.355 e. The summed E-state index contributed by atoms with van der Waals surface area (Å²) in [6, 6.07) is 6.94. The standard InChI is InChI=1S/C19H29N3O3S.ClH/c1-13-5-7-17(8-6-13)26(24,25)22-10-9-21-19(23)16-11-14-3-2-4-15(12-16)18(14)20;/h5-8,14-16,18,22H,2-4,9-12,20H2,1H3,(H,21,23);1H. The van der Waals surface area contributed by atoms with Crippen molar-refractivity contribution < 1.29 is 13.2 Å². The lowest BCUT2D eigenvalue weighted by Crippen LogP contribution is -2.49. The molecule has 0 spiro atoms. The van der Waals surface area contributed by atoms with Crippen molar-refractivity contribution in [1.82, 2.24) is 10.0 Å². The molecule has 8 heteroatoms. The van der Waals surface area contributed by atoms with Gasteiger partial charge in [0.25, 0.3) is 0 Å². The predicted octanol–water partition coefficient (Wildman–Crippen LogP) is 1.96. The van der Waals surface area contributed by atoms with E-state index in [1.54, 1.807) is 24.3 Å². The van der Waals surface area contributed by atoms with E-state index in [0.717, 1.165) is 31.2 Å². The zero-order chi connectivity index (χ0) is 18.7. The number of halogens is 1. The average Bonchev–Trinajstić information content (AvgIpc) is 2.58. The van der Waals surface area contributed by atoms with Gasteiger partial charge in [0.1, 0.15) is 0 Å². The molecule has 0 radical (unpaired) electrons. The highest BCUT2D eigenvalue weighted by Gasteiger charge is 2.40. The van der Waals surface area contributed by atoms with Crippen LogP contribution >= 0.6 is 12.4 Å². The Bertz CT molecular complexity index is 725. The van der Waals surface area contributed by atoms with E-state index in [-0.39, 0.29) is 41.7 Å². The summed E-state index contributed by atoms with van der Waals surface area (Å²) in [6.07, 6.45) is 5.19. The number of sulfonamides is 1. The number of carbonyl (C=O) groups is 1. The van der Waals surface area contributed by atoms with Crippen LogP contribution < -0.4 is 15.8 Å². The molecule has 152 valence electrons. The van der Waals surface area contributed by atoms with Crippen molar-refractivity contribution in [2.45, 2.75) is 50.0 Å². The van der Waals surface area contributed by atoms with Gasteiger partial charge in [0.2, 0.25) is 15.9 Å². The monoisotopic (exact) mass is 415 g/mol. The van der Waals surface area contributed by atoms with E-state index in [2.05, 4.69) is 10.0 Å². The Morgan fingerprint density at radius 1 is 1.11 bits per heavy atom. The minimum absolute atomic E-state index is 0. The van der Waals surface area contributed by atoms with E-state index in [0.29, 0.717) is 18.4 Å². The minimum Gasteiger partial charge on any atom is -0.355 e. The van der Waals surface area contributed by atoms with Crippen LogP contribution in [0.1, 0.15) is 37.7 Å². The van der Waals surface area contributed by atoms with Crippen molar-refractivity contribution in [2.24, 2.45) is 23.5 Å². The predicted molar refractivity (Wildman–Crippen MR) is 108 cm³/mol. The van der Waals surface area contributed by atoms with Gasteiger partial charge in [-0.2, -0.15) is 0 Å². The smallest absolute Gasteiger partial charge is 0.240 e. The second-order valence-corrected chi connectivity index (χ2v) is 9.47. The lowest BCUT2D eigenvalue weighted by molar-refractivity contribution is -0.127. The Morgan fingerprint density at radius 3 is 2.30 bits per heavy atom. The van der Waals surface area contributed by atoms with E-state index in [4.69, 9.17) is 5.73 Å². The fourth-order valence-electron chi connectivity index (χ4n) is 4.32. The number of benzene rings is 1. The molecule has 2 aliphatic carbocycles. The van der Waals surface area contributed by atoms with Crippen LogP contribution in [0.5, 0.6) is 0 Å². The van der Waals surface area contributed by atoms with Crippen LogP contribution in [-0.2, 0) is 14.8 Å². The number of aryl methyl sites for hydroxylation is 1. The number of amides is 1. The second-order valence-electron chi connectivity index (χ2n) is 7.70. The molecule has 2 aliphatic rings. The van der Waals surface area contributed by atoms with Gasteiger partial charge in [-0.1, -0.05) is 24.1 Å². The molecule has 27 heavy (non-hydrogen) atoms. The van der Waals surface area contributed by atoms with Crippen molar-refractivity contribution >= 4 is 28.3 Å². The number of hydrogen-bond donors (Lipinski definition) is 3. The summed E-state index contributed by atoms with van der Waals surface area (Å²) in [7, 11) is -3.54. The van der Waals surface area contributed by atoms with Gasteiger partial charge in [-0.15, -0.1) is 12.4 Å². The van der Waals surface area contributed by atoms with Gasteiger partial charge in [0, 0.05) is 25.0 Å². The molecule has 2 fully saturated rings. The average molecular weight is 416 g/mol. The normalized spacial score (nSPS) is 27.5. The number of rotatable bonds is 6. The molecular formula is C19H30ClN3O3S. The van der Waals surface area contributed by atoms with Crippen LogP contribution in [0, 0.1) is 24.7 Å². The van der Waals surface area contributed by atoms with Crippen molar-refractivity contribution in [1.29, 1.82) is 0 Å². The Morgan fingerprint density at radius 2 is 1.70 bits per heavy atom. The highest BCUT2D eigenvalue weighted by atomic mass is 35.5. The van der Waals surface area contributed by atoms with Crippen LogP contribution in [0.3, 0.4) is 0 Å². The third-order valence-electron chi connectivity index (χ3n) is 5.83. The van der Waals surface area contributed by atoms with Crippen molar-refractivity contribution in [3.8, 4) is 0 Å². The van der Waals surface area contributed by atoms with Gasteiger partial charge < -0.3 is 11.1 Å². The zero-order valence-electron chi connectivity index (χ0n) is 15.7. The van der Waals surface area contributed by atoms with Gasteiger partial charge >= 0.3 is 0 Å². The maximum Gasteiger partial charge on any atom is 0.240 e. The van der Waals surface area contributed by atoms with Crippen LogP contribution in [0.25, 0.3) is 0 Å². The number of nitrogens with one attached hydrogen (secondary N) is 2. The molecule has 0 aliphatic heterocycles. The Kier molecular flexibility index (Phi) is 7.68. The highest BCUT2D eigenvalue weighted by molar-refractivity contribution is 7.89. The number of fused-ring (bicyclic) bond motifs is 2. The summed E-state index contributed by atoms with van der Waals surface area (Å²) < 4.78 is 27.0. The van der Waals surface area contributed by atoms with Crippen LogP contribution in [0.2, 0.25) is 0 Å². The van der Waals surface area contributed by atoms with Gasteiger partial charge in [-0.25, -0.2) is 13.1 Å². The second kappa shape index (κ2) is 9.37. The maximum absolute atomic E-state index is 12.4. The molecule has 1 aromatic rings. The number of nitrogens with two attached hydrogens (primary N) is 1. The third-order valence-corrected chi connectivity index (χ3v) is 7.31. The molecule has 0 saturated heterocycles. The van der Waals surface area contributed by atoms with E-state index in [9.17, 15) is 13.2 Å². The maximum atomic E-state index is 12.4. The van der Waals surface area contributed by atoms with Gasteiger partial charge in [0.15, 0.2) is 0 Å². The quantitative estimate of drug-likeness (QED) is 0.618. The van der Waals surface area contributed by atoms with Gasteiger partial charge in [0.05, 0.1) is 4.90 Å². The first-order chi connectivity index (χ1) is 12.4. The van der Waals surface area contributed by atoms with E-state index in [1.165, 1.54) is 6.42 Å². The van der Waals surface area contributed by atoms with E-state index >= 15 is 0 Å². The lowest BCUT2D eigenvalue weighted by atomic mass is 9.65. The van der Waals surface area contributed by atoms with E-state index < -0.39 is 10.0 Å². The first kappa shape index (κ1) is 22.1. The molecule has 2 atom stereocenters. The van der Waals surface area contributed by atoms with Crippen molar-refractivity contribution in [2.75, 3.05) is 13.1 Å². The summed E-state index contributed by atoms with van der Waals surface area (Å²) >= 11 is 0. The molecule has 6 nitrogen and oxygen atoms in total. The molecule has 1 amide bonds. The van der Waals surface area contributed by atoms with Gasteiger partial charge in [-0.05, 0) is 56.6 Å². The fourth-order valence-corrected chi connectivity index (χ4v) is 5.35. The first-order valence-corrected chi connectivity index (χ1v) is 10.9. The molecule has 1 aromatic carbocycles. The molecule has 0 aromatic heterocycles. The van der Waals surface area contributed by atoms with Crippen molar-refractivity contribution in [3.05, 3.63) is 29.8 Å². The number of hydrogen-bond acceptors (Lipinski definition) is 4. The summed E-state index contributed by atoms with van der Waals surface area (Å²) in [6.45, 7) is 2.38. The topological polar surface area (TPSA) is 101 Å². The van der Waals surface area contributed by atoms with Crippen LogP contribution in [-0.4, -0.2) is 33.5 Å². The minimum atomic E-state index is -3.54. The van der Waals surface area contributed by atoms with E-state index in [1.807, 2.05) is 6.92 Å². The van der Waals surface area contributed by atoms with Crippen LogP contribution in [0.4, 0.5) is 0 Å². The summed E-state index contributed by atoms with van der Waals surface area (Å²) in [5.41, 5.74) is 7.28. The number of carbonyl (C=O) groups excluding carboxylic acids is 1. The molecule has 0 heterocycles. The molecule has 2 unspecified atom stereocenters.